The topological polar surface area (TPSA) is 75.3 Å². The number of nitrogens with one attached hydrogen (secondary N) is 2. The molecule has 0 bridgehead atoms. The van der Waals surface area contributed by atoms with E-state index < -0.39 is 21.6 Å². The summed E-state index contributed by atoms with van der Waals surface area (Å²) in [5.74, 6) is -1.16. The van der Waals surface area contributed by atoms with E-state index in [-0.39, 0.29) is 17.1 Å². The molecule has 0 heterocycles. The molecule has 1 aromatic rings. The fraction of sp³-hybridized carbons (Fsp3) is 0.250. The van der Waals surface area contributed by atoms with Gasteiger partial charge in [0.2, 0.25) is 5.91 Å². The lowest BCUT2D eigenvalue weighted by Crippen LogP contribution is -2.28. The molecule has 104 valence electrons. The lowest BCUT2D eigenvalue weighted by molar-refractivity contribution is -0.115. The van der Waals surface area contributed by atoms with Crippen LogP contribution in [-0.4, -0.2) is 33.7 Å². The summed E-state index contributed by atoms with van der Waals surface area (Å²) in [7, 11) is -3.45. The van der Waals surface area contributed by atoms with Gasteiger partial charge in [-0.25, -0.2) is 12.8 Å². The fourth-order valence-corrected chi connectivity index (χ4v) is 1.96. The molecule has 0 aromatic heterocycles. The number of sulfone groups is 1. The second-order valence-electron chi connectivity index (χ2n) is 3.88. The summed E-state index contributed by atoms with van der Waals surface area (Å²) in [5.41, 5.74) is -0.159. The van der Waals surface area contributed by atoms with Gasteiger partial charge in [-0.2, -0.15) is 0 Å². The molecular formula is C12H15FN2O3S. The van der Waals surface area contributed by atoms with Gasteiger partial charge in [0, 0.05) is 12.8 Å². The number of anilines is 1. The summed E-state index contributed by atoms with van der Waals surface area (Å²) >= 11 is 0. The Bertz CT molecular complexity index is 585. The van der Waals surface area contributed by atoms with Crippen LogP contribution in [-0.2, 0) is 14.6 Å². The first-order valence-corrected chi connectivity index (χ1v) is 7.35. The van der Waals surface area contributed by atoms with Gasteiger partial charge in [-0.1, -0.05) is 6.08 Å². The molecule has 2 N–H and O–H groups in total. The molecule has 1 rings (SSSR count). The third-order valence-corrected chi connectivity index (χ3v) is 3.32. The predicted octanol–water partition coefficient (Wildman–Crippen LogP) is 0.943. The Morgan fingerprint density at radius 2 is 2.16 bits per heavy atom. The van der Waals surface area contributed by atoms with Crippen molar-refractivity contribution in [2.45, 2.75) is 4.90 Å². The quantitative estimate of drug-likeness (QED) is 0.464. The summed E-state index contributed by atoms with van der Waals surface area (Å²) in [6.45, 7) is 3.90. The van der Waals surface area contributed by atoms with Crippen LogP contribution in [0.15, 0.2) is 35.7 Å². The van der Waals surface area contributed by atoms with Gasteiger partial charge in [-0.05, 0) is 18.2 Å². The minimum absolute atomic E-state index is 0.0193. The summed E-state index contributed by atoms with van der Waals surface area (Å²) < 4.78 is 36.1. The molecule has 0 saturated carbocycles. The van der Waals surface area contributed by atoms with E-state index in [9.17, 15) is 17.6 Å². The molecule has 7 heteroatoms. The Morgan fingerprint density at radius 3 is 2.74 bits per heavy atom. The van der Waals surface area contributed by atoms with E-state index in [1.54, 1.807) is 6.08 Å². The molecule has 0 atom stereocenters. The van der Waals surface area contributed by atoms with Crippen LogP contribution in [0, 0.1) is 5.82 Å². The second kappa shape index (κ2) is 6.44. The molecule has 1 aromatic carbocycles. The number of benzene rings is 1. The Kier molecular flexibility index (Phi) is 5.20. The normalized spacial score (nSPS) is 11.1. The summed E-state index contributed by atoms with van der Waals surface area (Å²) in [6, 6.07) is 3.25. The third-order valence-electron chi connectivity index (χ3n) is 2.21. The first kappa shape index (κ1) is 15.3. The average molecular weight is 286 g/mol. The van der Waals surface area contributed by atoms with Crippen molar-refractivity contribution >= 4 is 21.4 Å². The van der Waals surface area contributed by atoms with Crippen molar-refractivity contribution in [1.82, 2.24) is 5.32 Å². The molecule has 0 spiro atoms. The van der Waals surface area contributed by atoms with Crippen molar-refractivity contribution in [2.24, 2.45) is 0 Å². The van der Waals surface area contributed by atoms with Gasteiger partial charge in [0.25, 0.3) is 0 Å². The number of rotatable bonds is 6. The molecule has 0 unspecified atom stereocenters. The zero-order chi connectivity index (χ0) is 14.5. The maximum Gasteiger partial charge on any atom is 0.238 e. The van der Waals surface area contributed by atoms with Crippen molar-refractivity contribution in [3.8, 4) is 0 Å². The summed E-state index contributed by atoms with van der Waals surface area (Å²) in [4.78, 5) is 11.4. The van der Waals surface area contributed by atoms with E-state index in [1.165, 1.54) is 0 Å². The highest BCUT2D eigenvalue weighted by molar-refractivity contribution is 7.90. The fourth-order valence-electron chi connectivity index (χ4n) is 1.31. The second-order valence-corrected chi connectivity index (χ2v) is 5.90. The highest BCUT2D eigenvalue weighted by atomic mass is 32.2. The number of halogens is 1. The van der Waals surface area contributed by atoms with Crippen LogP contribution >= 0.6 is 0 Å². The number of carbonyl (C=O) groups is 1. The lowest BCUT2D eigenvalue weighted by atomic mass is 10.3. The van der Waals surface area contributed by atoms with Crippen LogP contribution in [0.3, 0.4) is 0 Å². The number of carbonyl (C=O) groups excluding carboxylic acids is 1. The molecule has 0 radical (unpaired) electrons. The van der Waals surface area contributed by atoms with Gasteiger partial charge in [0.15, 0.2) is 9.84 Å². The Labute approximate surface area is 111 Å². The van der Waals surface area contributed by atoms with Crippen LogP contribution in [0.25, 0.3) is 0 Å². The molecule has 19 heavy (non-hydrogen) atoms. The van der Waals surface area contributed by atoms with Crippen molar-refractivity contribution in [3.63, 3.8) is 0 Å². The van der Waals surface area contributed by atoms with Crippen LogP contribution in [0.4, 0.5) is 10.1 Å². The summed E-state index contributed by atoms with van der Waals surface area (Å²) in [5, 5.41) is 5.06. The molecule has 0 saturated heterocycles. The van der Waals surface area contributed by atoms with E-state index in [4.69, 9.17) is 0 Å². The molecule has 0 aliphatic rings. The average Bonchev–Trinajstić information content (AvgIpc) is 2.31. The third kappa shape index (κ3) is 4.80. The van der Waals surface area contributed by atoms with E-state index in [1.807, 2.05) is 0 Å². The molecule has 0 fully saturated rings. The molecule has 0 aliphatic carbocycles. The number of hydrogen-bond donors (Lipinski definition) is 2. The highest BCUT2D eigenvalue weighted by Gasteiger charge is 2.12. The standard InChI is InChI=1S/C12H15FN2O3S/c1-3-6-14-8-12(16)15-11-7-9(19(2,17)18)4-5-10(11)13/h3-5,7,14H,1,6,8H2,2H3,(H,15,16). The van der Waals surface area contributed by atoms with Gasteiger partial charge in [0.05, 0.1) is 17.1 Å². The Morgan fingerprint density at radius 1 is 1.47 bits per heavy atom. The van der Waals surface area contributed by atoms with Crippen molar-refractivity contribution in [3.05, 3.63) is 36.7 Å². The zero-order valence-electron chi connectivity index (χ0n) is 10.4. The van der Waals surface area contributed by atoms with Crippen molar-refractivity contribution in [2.75, 3.05) is 24.7 Å². The van der Waals surface area contributed by atoms with Gasteiger partial charge in [0.1, 0.15) is 5.82 Å². The highest BCUT2D eigenvalue weighted by Crippen LogP contribution is 2.19. The number of hydrogen-bond acceptors (Lipinski definition) is 4. The maximum atomic E-state index is 13.5. The molecule has 0 aliphatic heterocycles. The van der Waals surface area contributed by atoms with Gasteiger partial charge in [-0.15, -0.1) is 6.58 Å². The zero-order valence-corrected chi connectivity index (χ0v) is 11.3. The smallest absolute Gasteiger partial charge is 0.238 e. The van der Waals surface area contributed by atoms with Crippen LogP contribution in [0.5, 0.6) is 0 Å². The van der Waals surface area contributed by atoms with Crippen LogP contribution in [0.1, 0.15) is 0 Å². The molecule has 5 nitrogen and oxygen atoms in total. The summed E-state index contributed by atoms with van der Waals surface area (Å²) in [6.07, 6.45) is 2.59. The van der Waals surface area contributed by atoms with Gasteiger partial charge >= 0.3 is 0 Å². The Balaban J connectivity index is 2.83. The van der Waals surface area contributed by atoms with Crippen LogP contribution in [0.2, 0.25) is 0 Å². The van der Waals surface area contributed by atoms with Crippen LogP contribution < -0.4 is 10.6 Å². The van der Waals surface area contributed by atoms with E-state index in [0.29, 0.717) is 6.54 Å². The lowest BCUT2D eigenvalue weighted by Gasteiger charge is -2.08. The minimum atomic E-state index is -3.45. The predicted molar refractivity (Wildman–Crippen MR) is 71.2 cm³/mol. The van der Waals surface area contributed by atoms with Gasteiger partial charge in [-0.3, -0.25) is 4.79 Å². The number of amides is 1. The van der Waals surface area contributed by atoms with E-state index >= 15 is 0 Å². The largest absolute Gasteiger partial charge is 0.322 e. The van der Waals surface area contributed by atoms with Gasteiger partial charge < -0.3 is 10.6 Å². The SMILES string of the molecule is C=CCNCC(=O)Nc1cc(S(C)(=O)=O)ccc1F. The monoisotopic (exact) mass is 286 g/mol. The van der Waals surface area contributed by atoms with E-state index in [0.717, 1.165) is 24.5 Å². The minimum Gasteiger partial charge on any atom is -0.322 e. The van der Waals surface area contributed by atoms with Crippen molar-refractivity contribution in [1.29, 1.82) is 0 Å². The maximum absolute atomic E-state index is 13.5. The molecule has 1 amide bonds. The molecular weight excluding hydrogens is 271 g/mol. The van der Waals surface area contributed by atoms with E-state index in [2.05, 4.69) is 17.2 Å². The first-order chi connectivity index (χ1) is 8.84. The Hall–Kier alpha value is -1.73. The van der Waals surface area contributed by atoms with Crippen molar-refractivity contribution < 1.29 is 17.6 Å². The first-order valence-electron chi connectivity index (χ1n) is 5.45.